The largest absolute Gasteiger partial charge is 0.340 e. The Hall–Kier alpha value is -0.680. The Morgan fingerprint density at radius 1 is 1.44 bits per heavy atom. The number of likely N-dealkylation sites (N-methyl/N-ethyl adjacent to an activating group) is 2. The van der Waals surface area contributed by atoms with Gasteiger partial charge < -0.3 is 9.80 Å². The maximum Gasteiger partial charge on any atom is 0.225 e. The van der Waals surface area contributed by atoms with Gasteiger partial charge in [-0.1, -0.05) is 0 Å². The topological polar surface area (TPSA) is 32.3 Å². The van der Waals surface area contributed by atoms with Gasteiger partial charge in [0, 0.05) is 32.0 Å². The maximum absolute atomic E-state index is 4.33. The molecular formula is C11H17BrN4. The van der Waals surface area contributed by atoms with E-state index in [-0.39, 0.29) is 0 Å². The quantitative estimate of drug-likeness (QED) is 0.829. The number of aromatic nitrogens is 2. The summed E-state index contributed by atoms with van der Waals surface area (Å²) in [7, 11) is 4.25. The molecule has 0 aliphatic carbocycles. The van der Waals surface area contributed by atoms with Crippen LogP contribution in [0.5, 0.6) is 0 Å². The fraction of sp³-hybridized carbons (Fsp3) is 0.636. The number of likely N-dealkylation sites (tertiary alicyclic amines) is 1. The lowest BCUT2D eigenvalue weighted by Gasteiger charge is -2.35. The molecule has 0 aromatic carbocycles. The minimum absolute atomic E-state index is 0.528. The average molecular weight is 285 g/mol. The van der Waals surface area contributed by atoms with E-state index in [1.54, 1.807) is 12.4 Å². The summed E-state index contributed by atoms with van der Waals surface area (Å²) in [6.45, 7) is 2.29. The van der Waals surface area contributed by atoms with Crippen molar-refractivity contribution in [3.8, 4) is 0 Å². The zero-order valence-electron chi connectivity index (χ0n) is 9.73. The normalized spacial score (nSPS) is 22.1. The highest BCUT2D eigenvalue weighted by Gasteiger charge is 2.22. The summed E-state index contributed by atoms with van der Waals surface area (Å²) in [4.78, 5) is 13.2. The Kier molecular flexibility index (Phi) is 3.76. The lowest BCUT2D eigenvalue weighted by Crippen LogP contribution is -2.45. The fourth-order valence-electron chi connectivity index (χ4n) is 2.11. The lowest BCUT2D eigenvalue weighted by atomic mass is 10.1. The number of anilines is 1. The van der Waals surface area contributed by atoms with E-state index in [9.17, 15) is 0 Å². The van der Waals surface area contributed by atoms with Crippen LogP contribution in [0.25, 0.3) is 0 Å². The van der Waals surface area contributed by atoms with Crippen LogP contribution in [0, 0.1) is 0 Å². The monoisotopic (exact) mass is 284 g/mol. The van der Waals surface area contributed by atoms with Crippen molar-refractivity contribution < 1.29 is 0 Å². The summed E-state index contributed by atoms with van der Waals surface area (Å²) in [5.41, 5.74) is 0. The third-order valence-corrected chi connectivity index (χ3v) is 3.48. The molecule has 0 N–H and O–H groups in total. The molecule has 88 valence electrons. The van der Waals surface area contributed by atoms with Gasteiger partial charge in [0.25, 0.3) is 0 Å². The fourth-order valence-corrected chi connectivity index (χ4v) is 2.31. The van der Waals surface area contributed by atoms with Crippen LogP contribution in [-0.2, 0) is 0 Å². The van der Waals surface area contributed by atoms with E-state index in [1.807, 2.05) is 0 Å². The van der Waals surface area contributed by atoms with E-state index < -0.39 is 0 Å². The van der Waals surface area contributed by atoms with Crippen molar-refractivity contribution >= 4 is 21.9 Å². The molecule has 1 aliphatic rings. The zero-order valence-corrected chi connectivity index (χ0v) is 11.3. The first-order valence-corrected chi connectivity index (χ1v) is 6.35. The molecule has 1 aromatic rings. The van der Waals surface area contributed by atoms with Crippen molar-refractivity contribution in [1.82, 2.24) is 14.9 Å². The van der Waals surface area contributed by atoms with E-state index >= 15 is 0 Å². The first kappa shape index (κ1) is 11.8. The summed E-state index contributed by atoms with van der Waals surface area (Å²) >= 11 is 3.35. The van der Waals surface area contributed by atoms with Gasteiger partial charge in [0.2, 0.25) is 5.95 Å². The predicted molar refractivity (Wildman–Crippen MR) is 68.7 cm³/mol. The van der Waals surface area contributed by atoms with Crippen LogP contribution in [0.15, 0.2) is 16.9 Å². The van der Waals surface area contributed by atoms with Crippen molar-refractivity contribution in [2.45, 2.75) is 18.9 Å². The molecule has 16 heavy (non-hydrogen) atoms. The molecule has 1 atom stereocenters. The van der Waals surface area contributed by atoms with Gasteiger partial charge in [-0.15, -0.1) is 0 Å². The highest BCUT2D eigenvalue weighted by Crippen LogP contribution is 2.18. The number of halogens is 1. The van der Waals surface area contributed by atoms with Gasteiger partial charge in [-0.05, 0) is 42.4 Å². The van der Waals surface area contributed by atoms with Gasteiger partial charge in [-0.2, -0.15) is 0 Å². The molecule has 1 saturated heterocycles. The summed E-state index contributed by atoms with van der Waals surface area (Å²) in [5.74, 6) is 0.809. The summed E-state index contributed by atoms with van der Waals surface area (Å²) in [6, 6.07) is 0.528. The van der Waals surface area contributed by atoms with Crippen LogP contribution in [0.1, 0.15) is 12.8 Å². The molecule has 1 fully saturated rings. The van der Waals surface area contributed by atoms with Crippen molar-refractivity contribution in [3.05, 3.63) is 16.9 Å². The van der Waals surface area contributed by atoms with Gasteiger partial charge >= 0.3 is 0 Å². The van der Waals surface area contributed by atoms with Crippen LogP contribution in [-0.4, -0.2) is 48.1 Å². The smallest absolute Gasteiger partial charge is 0.225 e. The van der Waals surface area contributed by atoms with Crippen LogP contribution in [0.3, 0.4) is 0 Å². The number of hydrogen-bond donors (Lipinski definition) is 0. The SMILES string of the molecule is CN1CCCC(N(C)c2ncc(Br)cn2)C1. The van der Waals surface area contributed by atoms with Crippen LogP contribution >= 0.6 is 15.9 Å². The molecule has 5 heteroatoms. The summed E-state index contributed by atoms with van der Waals surface area (Å²) in [5, 5.41) is 0. The third kappa shape index (κ3) is 2.71. The second-order valence-electron chi connectivity index (χ2n) is 4.37. The maximum atomic E-state index is 4.33. The predicted octanol–water partition coefficient (Wildman–Crippen LogP) is 1.77. The molecule has 0 amide bonds. The average Bonchev–Trinajstić information content (AvgIpc) is 2.29. The second kappa shape index (κ2) is 5.10. The van der Waals surface area contributed by atoms with Crippen molar-refractivity contribution in [3.63, 3.8) is 0 Å². The Bertz CT molecular complexity index is 340. The standard InChI is InChI=1S/C11H17BrN4/c1-15-5-3-4-10(8-15)16(2)11-13-6-9(12)7-14-11/h6-7,10H,3-5,8H2,1-2H3. The van der Waals surface area contributed by atoms with Gasteiger partial charge in [0.15, 0.2) is 0 Å². The van der Waals surface area contributed by atoms with E-state index in [0.717, 1.165) is 17.0 Å². The Morgan fingerprint density at radius 2 is 2.12 bits per heavy atom. The molecule has 1 aliphatic heterocycles. The molecule has 2 rings (SSSR count). The Balaban J connectivity index is 2.06. The summed E-state index contributed by atoms with van der Waals surface area (Å²) < 4.78 is 0.922. The number of piperidine rings is 1. The van der Waals surface area contributed by atoms with Gasteiger partial charge in [-0.3, -0.25) is 0 Å². The second-order valence-corrected chi connectivity index (χ2v) is 5.29. The van der Waals surface area contributed by atoms with Gasteiger partial charge in [0.05, 0.1) is 4.47 Å². The first-order valence-electron chi connectivity index (χ1n) is 5.56. The third-order valence-electron chi connectivity index (χ3n) is 3.07. The van der Waals surface area contributed by atoms with Crippen molar-refractivity contribution in [1.29, 1.82) is 0 Å². The Labute approximate surface area is 105 Å². The molecule has 2 heterocycles. The van der Waals surface area contributed by atoms with Crippen LogP contribution < -0.4 is 4.90 Å². The molecule has 1 aromatic heterocycles. The highest BCUT2D eigenvalue weighted by atomic mass is 79.9. The lowest BCUT2D eigenvalue weighted by molar-refractivity contribution is 0.247. The molecule has 4 nitrogen and oxygen atoms in total. The van der Waals surface area contributed by atoms with Crippen molar-refractivity contribution in [2.24, 2.45) is 0 Å². The van der Waals surface area contributed by atoms with E-state index in [2.05, 4.69) is 49.8 Å². The van der Waals surface area contributed by atoms with E-state index in [4.69, 9.17) is 0 Å². The number of nitrogens with zero attached hydrogens (tertiary/aromatic N) is 4. The van der Waals surface area contributed by atoms with E-state index in [1.165, 1.54) is 19.4 Å². The highest BCUT2D eigenvalue weighted by molar-refractivity contribution is 9.10. The molecule has 1 unspecified atom stereocenters. The van der Waals surface area contributed by atoms with Crippen molar-refractivity contribution in [2.75, 3.05) is 32.1 Å². The molecule has 0 bridgehead atoms. The first-order chi connectivity index (χ1) is 7.66. The minimum Gasteiger partial charge on any atom is -0.340 e. The zero-order chi connectivity index (χ0) is 11.5. The molecule has 0 spiro atoms. The van der Waals surface area contributed by atoms with Crippen LogP contribution in [0.2, 0.25) is 0 Å². The number of hydrogen-bond acceptors (Lipinski definition) is 4. The molecule has 0 saturated carbocycles. The van der Waals surface area contributed by atoms with Crippen LogP contribution in [0.4, 0.5) is 5.95 Å². The Morgan fingerprint density at radius 3 is 2.75 bits per heavy atom. The van der Waals surface area contributed by atoms with Gasteiger partial charge in [0.1, 0.15) is 0 Å². The summed E-state index contributed by atoms with van der Waals surface area (Å²) in [6.07, 6.45) is 6.07. The number of rotatable bonds is 2. The molecule has 0 radical (unpaired) electrons. The molecular weight excluding hydrogens is 268 g/mol. The minimum atomic E-state index is 0.528. The van der Waals surface area contributed by atoms with E-state index in [0.29, 0.717) is 6.04 Å². The van der Waals surface area contributed by atoms with Gasteiger partial charge in [-0.25, -0.2) is 9.97 Å².